The fraction of sp³-hybridized carbons (Fsp3) is 0.483. The van der Waals surface area contributed by atoms with Crippen molar-refractivity contribution < 1.29 is 23.4 Å². The number of carbonyl (C=O) groups is 1. The van der Waals surface area contributed by atoms with Gasteiger partial charge in [0.1, 0.15) is 0 Å². The Morgan fingerprint density at radius 3 is 2.62 bits per heavy atom. The minimum absolute atomic E-state index is 0.126. The monoisotopic (exact) mass is 584 g/mol. The van der Waals surface area contributed by atoms with E-state index in [1.54, 1.807) is 36.7 Å². The second-order valence-corrected chi connectivity index (χ2v) is 14.4. The molecule has 2 aromatic heterocycles. The Bertz CT molecular complexity index is 1480. The predicted octanol–water partition coefficient (Wildman–Crippen LogP) is 3.77. The van der Waals surface area contributed by atoms with Crippen molar-refractivity contribution in [3.63, 3.8) is 0 Å². The highest BCUT2D eigenvalue weighted by Crippen LogP contribution is 2.62. The van der Waals surface area contributed by atoms with Crippen LogP contribution in [0.2, 0.25) is 0 Å². The van der Waals surface area contributed by atoms with Crippen LogP contribution in [0.25, 0.3) is 0 Å². The maximum Gasteiger partial charge on any atom is 0.263 e. The molecule has 214 valence electrons. The summed E-state index contributed by atoms with van der Waals surface area (Å²) >= 11 is 1.26. The maximum atomic E-state index is 13.3. The van der Waals surface area contributed by atoms with E-state index < -0.39 is 27.0 Å². The number of carbonyl (C=O) groups excluding carboxylic acids is 1. The van der Waals surface area contributed by atoms with Gasteiger partial charge in [-0.2, -0.15) is 0 Å². The van der Waals surface area contributed by atoms with Gasteiger partial charge in [-0.15, -0.1) is 11.3 Å². The van der Waals surface area contributed by atoms with Gasteiger partial charge in [-0.05, 0) is 61.3 Å². The topological polar surface area (TPSA) is 142 Å². The number of nitrogens with one attached hydrogen (secondary N) is 2. The fourth-order valence-electron chi connectivity index (χ4n) is 6.54. The number of aryl methyl sites for hydroxylation is 1. The molecule has 1 amide bonds. The maximum absolute atomic E-state index is 13.3. The lowest BCUT2D eigenvalue weighted by Crippen LogP contribution is -2.57. The third-order valence-electron chi connectivity index (χ3n) is 9.05. The van der Waals surface area contributed by atoms with Crippen molar-refractivity contribution in [1.29, 1.82) is 0 Å². The summed E-state index contributed by atoms with van der Waals surface area (Å²) < 4.78 is 28.9. The van der Waals surface area contributed by atoms with Crippen molar-refractivity contribution >= 4 is 32.4 Å². The predicted molar refractivity (Wildman–Crippen MR) is 153 cm³/mol. The third kappa shape index (κ3) is 5.27. The molecule has 40 heavy (non-hydrogen) atoms. The molecule has 2 aliphatic rings. The number of aliphatic hydroxyl groups is 2. The zero-order valence-corrected chi connectivity index (χ0v) is 24.6. The van der Waals surface area contributed by atoms with Crippen molar-refractivity contribution in [1.82, 2.24) is 15.3 Å². The SMILES string of the molecule is Cc1ccc(S(=O)(=O)Nc2nc3c(s2)CC2C(C)(CO)C(O)CCC2(C)C3CC(=O)NCc2cccnc2)cc1. The van der Waals surface area contributed by atoms with Gasteiger partial charge < -0.3 is 15.5 Å². The highest BCUT2D eigenvalue weighted by Gasteiger charge is 2.59. The smallest absolute Gasteiger partial charge is 0.263 e. The number of nitrogens with zero attached hydrogens (tertiary/aromatic N) is 2. The normalized spacial score (nSPS) is 27.9. The van der Waals surface area contributed by atoms with Crippen LogP contribution in [-0.2, 0) is 27.8 Å². The van der Waals surface area contributed by atoms with Gasteiger partial charge >= 0.3 is 0 Å². The van der Waals surface area contributed by atoms with Crippen LogP contribution in [0.3, 0.4) is 0 Å². The first-order chi connectivity index (χ1) is 19.0. The van der Waals surface area contributed by atoms with Crippen LogP contribution >= 0.6 is 11.3 Å². The first kappa shape index (κ1) is 28.7. The number of aliphatic hydroxyl groups excluding tert-OH is 2. The standard InChI is InChI=1S/C29H36N4O5S2/c1-18-6-8-20(9-7-18)40(37,38)33-27-32-26-21(13-25(36)31-16-19-5-4-12-30-15-19)28(2)11-10-24(35)29(3,17-34)23(28)14-22(26)39-27/h4-9,12,15,21,23-24,34-35H,10-11,13-14,16-17H2,1-3H3,(H,31,36)(H,32,33). The highest BCUT2D eigenvalue weighted by molar-refractivity contribution is 7.93. The number of aromatic nitrogens is 2. The molecule has 0 aliphatic heterocycles. The zero-order chi connectivity index (χ0) is 28.7. The van der Waals surface area contributed by atoms with Crippen LogP contribution in [0.15, 0.2) is 53.7 Å². The molecule has 1 saturated carbocycles. The number of anilines is 1. The van der Waals surface area contributed by atoms with Gasteiger partial charge in [0.25, 0.3) is 10.0 Å². The van der Waals surface area contributed by atoms with E-state index in [-0.39, 0.29) is 40.8 Å². The van der Waals surface area contributed by atoms with E-state index in [4.69, 9.17) is 4.98 Å². The first-order valence-corrected chi connectivity index (χ1v) is 15.8. The number of pyridine rings is 1. The Hall–Kier alpha value is -2.86. The van der Waals surface area contributed by atoms with E-state index in [0.29, 0.717) is 25.8 Å². The Labute approximate surface area is 239 Å². The van der Waals surface area contributed by atoms with Crippen molar-refractivity contribution in [3.05, 3.63) is 70.5 Å². The number of hydrogen-bond acceptors (Lipinski definition) is 8. The molecule has 9 nitrogen and oxygen atoms in total. The molecular weight excluding hydrogens is 548 g/mol. The van der Waals surface area contributed by atoms with Gasteiger partial charge in [0.15, 0.2) is 5.13 Å². The second-order valence-electron chi connectivity index (χ2n) is 11.6. The third-order valence-corrected chi connectivity index (χ3v) is 11.5. The summed E-state index contributed by atoms with van der Waals surface area (Å²) in [6, 6.07) is 10.3. The molecule has 0 bridgehead atoms. The Morgan fingerprint density at radius 2 is 1.95 bits per heavy atom. The molecule has 4 N–H and O–H groups in total. The summed E-state index contributed by atoms with van der Waals surface area (Å²) in [5.41, 5.74) is 1.37. The lowest BCUT2D eigenvalue weighted by molar-refractivity contribution is -0.144. The number of sulfonamides is 1. The quantitative estimate of drug-likeness (QED) is 0.316. The van der Waals surface area contributed by atoms with Gasteiger partial charge in [-0.25, -0.2) is 13.4 Å². The molecule has 5 atom stereocenters. The molecular formula is C29H36N4O5S2. The lowest BCUT2D eigenvalue weighted by atomic mass is 9.47. The number of rotatable bonds is 8. The fourth-order valence-corrected chi connectivity index (χ4v) is 8.84. The van der Waals surface area contributed by atoms with Crippen LogP contribution in [0, 0.1) is 23.7 Å². The van der Waals surface area contributed by atoms with E-state index in [1.807, 2.05) is 26.0 Å². The van der Waals surface area contributed by atoms with Crippen molar-refractivity contribution in [2.75, 3.05) is 11.3 Å². The van der Waals surface area contributed by atoms with Gasteiger partial charge in [-0.1, -0.05) is 37.6 Å². The van der Waals surface area contributed by atoms with Gasteiger partial charge in [0, 0.05) is 41.6 Å². The molecule has 5 unspecified atom stereocenters. The average Bonchev–Trinajstić information content (AvgIpc) is 3.33. The summed E-state index contributed by atoms with van der Waals surface area (Å²) in [4.78, 5) is 23.2. The Balaban J connectivity index is 1.48. The van der Waals surface area contributed by atoms with Gasteiger partial charge in [-0.3, -0.25) is 14.5 Å². The van der Waals surface area contributed by atoms with Gasteiger partial charge in [0.05, 0.1) is 23.3 Å². The molecule has 2 heterocycles. The van der Waals surface area contributed by atoms with E-state index in [1.165, 1.54) is 11.3 Å². The van der Waals surface area contributed by atoms with Crippen LogP contribution in [0.5, 0.6) is 0 Å². The molecule has 0 spiro atoms. The molecule has 11 heteroatoms. The minimum atomic E-state index is -3.85. The van der Waals surface area contributed by atoms with Crippen LogP contribution < -0.4 is 10.0 Å². The minimum Gasteiger partial charge on any atom is -0.396 e. The van der Waals surface area contributed by atoms with Crippen LogP contribution in [0.1, 0.15) is 60.7 Å². The van der Waals surface area contributed by atoms with Crippen molar-refractivity contribution in [3.8, 4) is 0 Å². The number of amides is 1. The Kier molecular flexibility index (Phi) is 7.77. The molecule has 1 fully saturated rings. The number of hydrogen-bond donors (Lipinski definition) is 4. The van der Waals surface area contributed by atoms with Gasteiger partial charge in [0.2, 0.25) is 5.91 Å². The Morgan fingerprint density at radius 1 is 1.20 bits per heavy atom. The van der Waals surface area contributed by atoms with Crippen LogP contribution in [-0.4, -0.2) is 47.2 Å². The van der Waals surface area contributed by atoms with E-state index in [9.17, 15) is 23.4 Å². The molecule has 3 aromatic rings. The van der Waals surface area contributed by atoms with E-state index in [2.05, 4.69) is 21.9 Å². The highest BCUT2D eigenvalue weighted by atomic mass is 32.2. The summed E-state index contributed by atoms with van der Waals surface area (Å²) in [5.74, 6) is -0.588. The van der Waals surface area contributed by atoms with E-state index in [0.717, 1.165) is 21.7 Å². The molecule has 1 aromatic carbocycles. The average molecular weight is 585 g/mol. The largest absolute Gasteiger partial charge is 0.396 e. The molecule has 0 radical (unpaired) electrons. The lowest BCUT2D eigenvalue weighted by Gasteiger charge is -2.58. The summed E-state index contributed by atoms with van der Waals surface area (Å²) in [5, 5.41) is 24.7. The zero-order valence-electron chi connectivity index (χ0n) is 22.9. The van der Waals surface area contributed by atoms with E-state index >= 15 is 0 Å². The van der Waals surface area contributed by atoms with Crippen molar-refractivity contribution in [2.45, 2.75) is 69.9 Å². The number of benzene rings is 1. The molecule has 2 aliphatic carbocycles. The first-order valence-electron chi connectivity index (χ1n) is 13.5. The summed E-state index contributed by atoms with van der Waals surface area (Å²) in [7, 11) is -3.85. The summed E-state index contributed by atoms with van der Waals surface area (Å²) in [6.07, 6.45) is 4.57. The second kappa shape index (κ2) is 10.8. The number of thiazole rings is 1. The molecule has 0 saturated heterocycles. The van der Waals surface area contributed by atoms with Crippen LogP contribution in [0.4, 0.5) is 5.13 Å². The summed E-state index contributed by atoms with van der Waals surface area (Å²) in [6.45, 7) is 6.08. The number of fused-ring (bicyclic) bond motifs is 2. The van der Waals surface area contributed by atoms with Crippen molar-refractivity contribution in [2.24, 2.45) is 16.7 Å². The molecule has 5 rings (SSSR count).